The van der Waals surface area contributed by atoms with Crippen LogP contribution in [0.1, 0.15) is 0 Å². The van der Waals surface area contributed by atoms with E-state index in [2.05, 4.69) is 24.9 Å². The molecule has 0 aliphatic heterocycles. The summed E-state index contributed by atoms with van der Waals surface area (Å²) in [4.78, 5) is 45.7. The lowest BCUT2D eigenvalue weighted by atomic mass is 10.2. The Balaban J connectivity index is 1.61. The van der Waals surface area contributed by atoms with E-state index in [0.29, 0.717) is 22.4 Å². The SMILES string of the molecule is COc1ncc(-c2nccnc2OCCn2cnc3c2c(=O)n(C)c(=O)n3C)c(OC)n1. The zero-order valence-corrected chi connectivity index (χ0v) is 17.8. The summed E-state index contributed by atoms with van der Waals surface area (Å²) in [6.07, 6.45) is 6.01. The molecule has 0 aliphatic rings. The van der Waals surface area contributed by atoms with E-state index < -0.39 is 11.2 Å². The van der Waals surface area contributed by atoms with E-state index in [1.807, 2.05) is 0 Å². The minimum atomic E-state index is -0.441. The van der Waals surface area contributed by atoms with Crippen LogP contribution >= 0.6 is 0 Å². The van der Waals surface area contributed by atoms with Crippen LogP contribution in [0.25, 0.3) is 22.4 Å². The molecule has 0 N–H and O–H groups in total. The Labute approximate surface area is 180 Å². The molecule has 4 heterocycles. The summed E-state index contributed by atoms with van der Waals surface area (Å²) in [5.74, 6) is 0.497. The van der Waals surface area contributed by atoms with E-state index in [9.17, 15) is 9.59 Å². The Kier molecular flexibility index (Phi) is 5.54. The number of rotatable bonds is 7. The van der Waals surface area contributed by atoms with Gasteiger partial charge in [0.2, 0.25) is 11.8 Å². The van der Waals surface area contributed by atoms with Gasteiger partial charge in [0.1, 0.15) is 12.3 Å². The van der Waals surface area contributed by atoms with Crippen molar-refractivity contribution in [3.8, 4) is 29.0 Å². The lowest BCUT2D eigenvalue weighted by Gasteiger charge is -2.12. The van der Waals surface area contributed by atoms with Gasteiger partial charge in [-0.15, -0.1) is 0 Å². The maximum atomic E-state index is 12.6. The topological polar surface area (TPSA) is 141 Å². The molecule has 0 atom stereocenters. The third-order valence-corrected chi connectivity index (χ3v) is 4.82. The van der Waals surface area contributed by atoms with Crippen LogP contribution in [-0.2, 0) is 20.6 Å². The molecule has 4 aromatic rings. The molecule has 4 rings (SSSR count). The van der Waals surface area contributed by atoms with Crippen molar-refractivity contribution >= 4 is 11.2 Å². The van der Waals surface area contributed by atoms with Crippen LogP contribution in [0.3, 0.4) is 0 Å². The zero-order valence-electron chi connectivity index (χ0n) is 17.8. The van der Waals surface area contributed by atoms with E-state index in [-0.39, 0.29) is 30.9 Å². The summed E-state index contributed by atoms with van der Waals surface area (Å²) < 4.78 is 20.2. The van der Waals surface area contributed by atoms with Crippen LogP contribution in [0.15, 0.2) is 34.5 Å². The molecular weight excluding hydrogens is 420 g/mol. The fourth-order valence-electron chi connectivity index (χ4n) is 3.19. The third-order valence-electron chi connectivity index (χ3n) is 4.82. The van der Waals surface area contributed by atoms with E-state index >= 15 is 0 Å². The van der Waals surface area contributed by atoms with Gasteiger partial charge in [-0.1, -0.05) is 0 Å². The first-order chi connectivity index (χ1) is 15.5. The Hall–Kier alpha value is -4.29. The number of fused-ring (bicyclic) bond motifs is 1. The maximum Gasteiger partial charge on any atom is 0.332 e. The van der Waals surface area contributed by atoms with Gasteiger partial charge in [-0.2, -0.15) is 4.98 Å². The van der Waals surface area contributed by atoms with Crippen molar-refractivity contribution in [3.05, 3.63) is 45.8 Å². The van der Waals surface area contributed by atoms with Gasteiger partial charge in [-0.25, -0.2) is 24.7 Å². The Morgan fingerprint density at radius 2 is 1.72 bits per heavy atom. The molecule has 166 valence electrons. The minimum absolute atomic E-state index is 0.153. The lowest BCUT2D eigenvalue weighted by Crippen LogP contribution is -2.37. The summed E-state index contributed by atoms with van der Waals surface area (Å²) in [6.45, 7) is 0.443. The highest BCUT2D eigenvalue weighted by Gasteiger charge is 2.18. The second-order valence-corrected chi connectivity index (χ2v) is 6.65. The highest BCUT2D eigenvalue weighted by atomic mass is 16.5. The number of hydrogen-bond acceptors (Lipinski definition) is 10. The Morgan fingerprint density at radius 1 is 0.938 bits per heavy atom. The van der Waals surface area contributed by atoms with Crippen LogP contribution in [0.5, 0.6) is 17.8 Å². The largest absolute Gasteiger partial charge is 0.480 e. The van der Waals surface area contributed by atoms with Gasteiger partial charge in [-0.3, -0.25) is 13.9 Å². The van der Waals surface area contributed by atoms with Crippen LogP contribution in [0.2, 0.25) is 0 Å². The van der Waals surface area contributed by atoms with Crippen molar-refractivity contribution in [2.45, 2.75) is 6.54 Å². The van der Waals surface area contributed by atoms with Crippen molar-refractivity contribution in [2.24, 2.45) is 14.1 Å². The van der Waals surface area contributed by atoms with E-state index in [4.69, 9.17) is 14.2 Å². The van der Waals surface area contributed by atoms with Gasteiger partial charge in [0.05, 0.1) is 32.7 Å². The molecule has 0 bridgehead atoms. The number of ether oxygens (including phenoxy) is 3. The molecule has 0 radical (unpaired) electrons. The molecule has 0 aromatic carbocycles. The molecule has 13 nitrogen and oxygen atoms in total. The second kappa shape index (κ2) is 8.45. The molecule has 32 heavy (non-hydrogen) atoms. The van der Waals surface area contributed by atoms with Crippen LogP contribution in [0, 0.1) is 0 Å². The number of nitrogens with zero attached hydrogens (tertiary/aromatic N) is 8. The summed E-state index contributed by atoms with van der Waals surface area (Å²) in [7, 11) is 5.92. The number of aryl methyl sites for hydroxylation is 1. The first-order valence-electron chi connectivity index (χ1n) is 9.46. The van der Waals surface area contributed by atoms with Crippen LogP contribution in [0.4, 0.5) is 0 Å². The fourth-order valence-corrected chi connectivity index (χ4v) is 3.19. The van der Waals surface area contributed by atoms with Crippen molar-refractivity contribution < 1.29 is 14.2 Å². The predicted molar refractivity (Wildman–Crippen MR) is 112 cm³/mol. The standard InChI is InChI=1S/C19H20N8O5/c1-25-14-13(17(28)26(2)19(25)29)27(10-23-14)7-8-32-16-12(20-5-6-21-16)11-9-22-18(31-4)24-15(11)30-3/h5-6,9-10H,7-8H2,1-4H3. The quantitative estimate of drug-likeness (QED) is 0.378. The van der Waals surface area contributed by atoms with Crippen molar-refractivity contribution in [2.75, 3.05) is 20.8 Å². The monoisotopic (exact) mass is 440 g/mol. The van der Waals surface area contributed by atoms with Gasteiger partial charge in [0, 0.05) is 32.7 Å². The molecule has 0 spiro atoms. The Bertz CT molecular complexity index is 1410. The number of aromatic nitrogens is 8. The maximum absolute atomic E-state index is 12.6. The van der Waals surface area contributed by atoms with Gasteiger partial charge in [-0.05, 0) is 0 Å². The van der Waals surface area contributed by atoms with Gasteiger partial charge >= 0.3 is 11.7 Å². The summed E-state index contributed by atoms with van der Waals surface area (Å²) >= 11 is 0. The van der Waals surface area contributed by atoms with Crippen LogP contribution in [-0.4, -0.2) is 59.4 Å². The first-order valence-corrected chi connectivity index (χ1v) is 9.46. The molecular formula is C19H20N8O5. The fraction of sp³-hybridized carbons (Fsp3) is 0.316. The van der Waals surface area contributed by atoms with E-state index in [0.717, 1.165) is 4.57 Å². The summed E-state index contributed by atoms with van der Waals surface area (Å²) in [5, 5.41) is 0. The molecule has 4 aromatic heterocycles. The third kappa shape index (κ3) is 3.53. The number of imidazole rings is 1. The van der Waals surface area contributed by atoms with Crippen molar-refractivity contribution in [1.82, 2.24) is 38.6 Å². The molecule has 0 amide bonds. The number of methoxy groups -OCH3 is 2. The zero-order chi connectivity index (χ0) is 22.8. The molecule has 13 heteroatoms. The van der Waals surface area contributed by atoms with Gasteiger partial charge in [0.15, 0.2) is 11.2 Å². The number of hydrogen-bond donors (Lipinski definition) is 0. The van der Waals surface area contributed by atoms with Crippen molar-refractivity contribution in [1.29, 1.82) is 0 Å². The first kappa shape index (κ1) is 21.0. The van der Waals surface area contributed by atoms with Gasteiger partial charge < -0.3 is 18.8 Å². The Morgan fingerprint density at radius 3 is 2.47 bits per heavy atom. The average Bonchev–Trinajstić information content (AvgIpc) is 3.25. The summed E-state index contributed by atoms with van der Waals surface area (Å²) in [6, 6.07) is 0.153. The van der Waals surface area contributed by atoms with E-state index in [1.54, 1.807) is 11.6 Å². The minimum Gasteiger partial charge on any atom is -0.480 e. The predicted octanol–water partition coefficient (Wildman–Crippen LogP) is -0.223. The molecule has 0 fully saturated rings. The van der Waals surface area contributed by atoms with Crippen LogP contribution < -0.4 is 25.5 Å². The molecule has 0 saturated heterocycles. The highest BCUT2D eigenvalue weighted by molar-refractivity contribution is 5.70. The van der Waals surface area contributed by atoms with Crippen molar-refractivity contribution in [3.63, 3.8) is 0 Å². The highest BCUT2D eigenvalue weighted by Crippen LogP contribution is 2.32. The average molecular weight is 440 g/mol. The molecule has 0 aliphatic carbocycles. The second-order valence-electron chi connectivity index (χ2n) is 6.65. The van der Waals surface area contributed by atoms with E-state index in [1.165, 1.54) is 50.8 Å². The van der Waals surface area contributed by atoms with Gasteiger partial charge in [0.25, 0.3) is 5.56 Å². The molecule has 0 saturated carbocycles. The summed E-state index contributed by atoms with van der Waals surface area (Å²) in [5.41, 5.74) is 0.611. The lowest BCUT2D eigenvalue weighted by molar-refractivity contribution is 0.288. The smallest absolute Gasteiger partial charge is 0.332 e. The molecule has 0 unspecified atom stereocenters. The normalized spacial score (nSPS) is 11.0.